The van der Waals surface area contributed by atoms with Gasteiger partial charge in [-0.1, -0.05) is 28.8 Å². The third-order valence-corrected chi connectivity index (χ3v) is 4.05. The summed E-state index contributed by atoms with van der Waals surface area (Å²) < 4.78 is 10.0. The highest BCUT2D eigenvalue weighted by atomic mass is 79.9. The van der Waals surface area contributed by atoms with Gasteiger partial charge in [-0.3, -0.25) is 0 Å². The number of hydrogen-bond donors (Lipinski definition) is 1. The Bertz CT molecular complexity index is 382. The molecule has 1 aliphatic rings. The zero-order valence-corrected chi connectivity index (χ0v) is 12.1. The van der Waals surface area contributed by atoms with Crippen LogP contribution in [0.1, 0.15) is 25.7 Å². The average molecular weight is 317 g/mol. The number of hydrogen-bond acceptors (Lipinski definition) is 6. The maximum Gasteiger partial charge on any atom is 0.324 e. The van der Waals surface area contributed by atoms with E-state index in [2.05, 4.69) is 36.2 Å². The summed E-state index contributed by atoms with van der Waals surface area (Å²) in [5.41, 5.74) is 0. The number of halogens is 1. The number of anilines is 1. The van der Waals surface area contributed by atoms with Crippen molar-refractivity contribution in [1.82, 2.24) is 15.0 Å². The number of nitrogens with one attached hydrogen (secondary N) is 1. The van der Waals surface area contributed by atoms with Gasteiger partial charge in [-0.2, -0.15) is 9.97 Å². The molecule has 18 heavy (non-hydrogen) atoms. The van der Waals surface area contributed by atoms with E-state index < -0.39 is 0 Å². The fraction of sp³-hybridized carbons (Fsp3) is 0.727. The van der Waals surface area contributed by atoms with Crippen molar-refractivity contribution in [2.24, 2.45) is 0 Å². The topological polar surface area (TPSA) is 69.2 Å². The molecule has 1 saturated carbocycles. The van der Waals surface area contributed by atoms with E-state index in [0.717, 1.165) is 12.8 Å². The van der Waals surface area contributed by atoms with Crippen LogP contribution in [0, 0.1) is 0 Å². The number of nitrogens with zero attached hydrogens (tertiary/aromatic N) is 3. The summed E-state index contributed by atoms with van der Waals surface area (Å²) in [5.74, 6) is 0.495. The van der Waals surface area contributed by atoms with Gasteiger partial charge in [-0.25, -0.2) is 0 Å². The quantitative estimate of drug-likeness (QED) is 0.857. The summed E-state index contributed by atoms with van der Waals surface area (Å²) in [6, 6.07) is 0.841. The highest BCUT2D eigenvalue weighted by Crippen LogP contribution is 2.27. The second-order valence-electron chi connectivity index (χ2n) is 4.18. The van der Waals surface area contributed by atoms with Crippen LogP contribution in [-0.4, -0.2) is 40.0 Å². The monoisotopic (exact) mass is 316 g/mol. The lowest BCUT2D eigenvalue weighted by atomic mass is 9.95. The fourth-order valence-electron chi connectivity index (χ4n) is 2.00. The van der Waals surface area contributed by atoms with E-state index in [0.29, 0.717) is 16.8 Å². The molecule has 6 nitrogen and oxygen atoms in total. The minimum Gasteiger partial charge on any atom is -0.467 e. The molecule has 1 fully saturated rings. The van der Waals surface area contributed by atoms with Crippen LogP contribution < -0.4 is 14.8 Å². The van der Waals surface area contributed by atoms with Crippen molar-refractivity contribution in [3.8, 4) is 12.0 Å². The number of rotatable bonds is 4. The van der Waals surface area contributed by atoms with E-state index in [1.165, 1.54) is 27.1 Å². The molecule has 2 unspecified atom stereocenters. The van der Waals surface area contributed by atoms with Crippen LogP contribution in [0.3, 0.4) is 0 Å². The lowest BCUT2D eigenvalue weighted by molar-refractivity contribution is 0.340. The molecule has 7 heteroatoms. The van der Waals surface area contributed by atoms with Crippen molar-refractivity contribution >= 4 is 21.9 Å². The number of methoxy groups -OCH3 is 2. The molecule has 1 N–H and O–H groups in total. The lowest BCUT2D eigenvalue weighted by Crippen LogP contribution is -2.33. The molecule has 0 bridgehead atoms. The summed E-state index contributed by atoms with van der Waals surface area (Å²) in [7, 11) is 3.04. The van der Waals surface area contributed by atoms with E-state index >= 15 is 0 Å². The van der Waals surface area contributed by atoms with Crippen LogP contribution in [0.4, 0.5) is 5.95 Å². The molecule has 1 aliphatic carbocycles. The predicted molar refractivity (Wildman–Crippen MR) is 71.5 cm³/mol. The highest BCUT2D eigenvalue weighted by molar-refractivity contribution is 9.09. The van der Waals surface area contributed by atoms with Gasteiger partial charge in [0.25, 0.3) is 0 Å². The van der Waals surface area contributed by atoms with E-state index in [1.54, 1.807) is 0 Å². The van der Waals surface area contributed by atoms with E-state index in [1.807, 2.05) is 0 Å². The van der Waals surface area contributed by atoms with Crippen LogP contribution in [0.5, 0.6) is 12.0 Å². The van der Waals surface area contributed by atoms with Gasteiger partial charge in [-0.05, 0) is 12.8 Å². The van der Waals surface area contributed by atoms with Crippen molar-refractivity contribution < 1.29 is 9.47 Å². The molecule has 0 amide bonds. The van der Waals surface area contributed by atoms with Crippen LogP contribution in [0.25, 0.3) is 0 Å². The molecule has 0 spiro atoms. The molecule has 1 aromatic rings. The first kappa shape index (κ1) is 13.3. The smallest absolute Gasteiger partial charge is 0.324 e. The van der Waals surface area contributed by atoms with Crippen molar-refractivity contribution in [1.29, 1.82) is 0 Å². The zero-order chi connectivity index (χ0) is 13.0. The van der Waals surface area contributed by atoms with Gasteiger partial charge in [0.05, 0.1) is 14.2 Å². The third-order valence-electron chi connectivity index (χ3n) is 2.96. The maximum absolute atomic E-state index is 5.02. The lowest BCUT2D eigenvalue weighted by Gasteiger charge is -2.28. The van der Waals surface area contributed by atoms with Gasteiger partial charge in [0.15, 0.2) is 0 Å². The molecule has 0 radical (unpaired) electrons. The van der Waals surface area contributed by atoms with Crippen molar-refractivity contribution in [3.05, 3.63) is 0 Å². The first-order valence-electron chi connectivity index (χ1n) is 5.97. The Morgan fingerprint density at radius 3 is 2.22 bits per heavy atom. The second kappa shape index (κ2) is 6.17. The van der Waals surface area contributed by atoms with Gasteiger partial charge < -0.3 is 14.8 Å². The molecule has 0 aromatic carbocycles. The average Bonchev–Trinajstić information content (AvgIpc) is 2.41. The second-order valence-corrected chi connectivity index (χ2v) is 5.36. The largest absolute Gasteiger partial charge is 0.467 e. The first-order valence-corrected chi connectivity index (χ1v) is 6.89. The predicted octanol–water partition coefficient (Wildman–Crippen LogP) is 2.01. The fourth-order valence-corrected chi connectivity index (χ4v) is 2.72. The molecule has 0 aliphatic heterocycles. The summed E-state index contributed by atoms with van der Waals surface area (Å²) in [5, 5.41) is 3.31. The van der Waals surface area contributed by atoms with Gasteiger partial charge in [0, 0.05) is 10.9 Å². The van der Waals surface area contributed by atoms with Gasteiger partial charge in [0.1, 0.15) is 0 Å². The summed E-state index contributed by atoms with van der Waals surface area (Å²) in [6.07, 6.45) is 4.75. The Morgan fingerprint density at radius 2 is 1.67 bits per heavy atom. The first-order chi connectivity index (χ1) is 8.72. The van der Waals surface area contributed by atoms with E-state index in [-0.39, 0.29) is 12.0 Å². The van der Waals surface area contributed by atoms with Crippen LogP contribution in [-0.2, 0) is 0 Å². The number of alkyl halides is 1. The zero-order valence-electron chi connectivity index (χ0n) is 10.5. The standard InChI is InChI=1S/C11H17BrN4O2/c1-17-10-14-9(15-11(16-10)18-2)13-8-6-4-3-5-7(8)12/h7-8H,3-6H2,1-2H3,(H,13,14,15,16). The summed E-state index contributed by atoms with van der Waals surface area (Å²) in [4.78, 5) is 12.8. The molecule has 1 heterocycles. The maximum atomic E-state index is 5.02. The molecular weight excluding hydrogens is 300 g/mol. The normalized spacial score (nSPS) is 23.5. The molecule has 0 saturated heterocycles. The van der Waals surface area contributed by atoms with E-state index in [4.69, 9.17) is 9.47 Å². The molecule has 2 atom stereocenters. The Hall–Kier alpha value is -1.11. The minimum absolute atomic E-state index is 0.256. The molecular formula is C11H17BrN4O2. The SMILES string of the molecule is COc1nc(NC2CCCCC2Br)nc(OC)n1. The highest BCUT2D eigenvalue weighted by Gasteiger charge is 2.23. The van der Waals surface area contributed by atoms with Crippen molar-refractivity contribution in [2.45, 2.75) is 36.6 Å². The summed E-state index contributed by atoms with van der Waals surface area (Å²) >= 11 is 3.69. The van der Waals surface area contributed by atoms with Crippen LogP contribution in [0.2, 0.25) is 0 Å². The third kappa shape index (κ3) is 3.22. The van der Waals surface area contributed by atoms with Gasteiger partial charge in [0.2, 0.25) is 5.95 Å². The Kier molecular flexibility index (Phi) is 4.57. The van der Waals surface area contributed by atoms with Crippen LogP contribution in [0.15, 0.2) is 0 Å². The molecule has 2 rings (SSSR count). The molecule has 100 valence electrons. The summed E-state index contributed by atoms with van der Waals surface area (Å²) in [6.45, 7) is 0. The van der Waals surface area contributed by atoms with Gasteiger partial charge >= 0.3 is 12.0 Å². The Morgan fingerprint density at radius 1 is 1.06 bits per heavy atom. The Labute approximate surface area is 115 Å². The van der Waals surface area contributed by atoms with Gasteiger partial charge in [-0.15, -0.1) is 4.98 Å². The minimum atomic E-state index is 0.256. The number of ether oxygens (including phenoxy) is 2. The molecule has 1 aromatic heterocycles. The van der Waals surface area contributed by atoms with Crippen molar-refractivity contribution in [3.63, 3.8) is 0 Å². The number of aromatic nitrogens is 3. The van der Waals surface area contributed by atoms with E-state index in [9.17, 15) is 0 Å². The Balaban J connectivity index is 2.12. The van der Waals surface area contributed by atoms with Crippen molar-refractivity contribution in [2.75, 3.05) is 19.5 Å². The van der Waals surface area contributed by atoms with Crippen LogP contribution >= 0.6 is 15.9 Å².